The van der Waals surface area contributed by atoms with Gasteiger partial charge >= 0.3 is 0 Å². The predicted octanol–water partition coefficient (Wildman–Crippen LogP) is 3.06. The Bertz CT molecular complexity index is 847. The number of hydrogen-bond donors (Lipinski definition) is 2. The summed E-state index contributed by atoms with van der Waals surface area (Å²) in [4.78, 5) is 30.9. The molecule has 1 saturated heterocycles. The second-order valence-electron chi connectivity index (χ2n) is 7.92. The molecule has 6 nitrogen and oxygen atoms in total. The first-order valence-electron chi connectivity index (χ1n) is 9.85. The molecule has 0 unspecified atom stereocenters. The fourth-order valence-electron chi connectivity index (χ4n) is 3.82. The highest BCUT2D eigenvalue weighted by atomic mass is 32.1. The van der Waals surface area contributed by atoms with Crippen LogP contribution in [0.15, 0.2) is 29.6 Å². The van der Waals surface area contributed by atoms with Crippen LogP contribution in [0.3, 0.4) is 0 Å². The molecule has 2 heterocycles. The lowest BCUT2D eigenvalue weighted by Crippen LogP contribution is -2.38. The summed E-state index contributed by atoms with van der Waals surface area (Å²) in [6.45, 7) is 7.33. The Morgan fingerprint density at radius 3 is 2.72 bits per heavy atom. The van der Waals surface area contributed by atoms with Gasteiger partial charge in [0.1, 0.15) is 5.82 Å². The summed E-state index contributed by atoms with van der Waals surface area (Å²) >= 11 is 1.38. The van der Waals surface area contributed by atoms with E-state index in [2.05, 4.69) is 34.4 Å². The standard InChI is InChI=1S/C21H27FN4O2S/c1-14-6-15(2)11-26(10-14)12-18-13-29-21(24-18)25-20(28)9-23-19(27)8-16-4-3-5-17(22)7-16/h3-5,7,13-15H,6,8-12H2,1-2H3,(H,23,27)(H,24,25,28)/t14-,15+. The molecule has 8 heteroatoms. The maximum atomic E-state index is 13.2. The van der Waals surface area contributed by atoms with Gasteiger partial charge in [0.2, 0.25) is 11.8 Å². The molecule has 0 radical (unpaired) electrons. The third-order valence-corrected chi connectivity index (χ3v) is 5.63. The average Bonchev–Trinajstić information content (AvgIpc) is 3.06. The number of thiazole rings is 1. The smallest absolute Gasteiger partial charge is 0.245 e. The number of piperidine rings is 1. The number of halogens is 1. The van der Waals surface area contributed by atoms with Crippen LogP contribution in [0, 0.1) is 17.7 Å². The number of nitrogens with zero attached hydrogens (tertiary/aromatic N) is 2. The Morgan fingerprint density at radius 1 is 1.24 bits per heavy atom. The van der Waals surface area contributed by atoms with E-state index >= 15 is 0 Å². The molecule has 0 spiro atoms. The summed E-state index contributed by atoms with van der Waals surface area (Å²) in [5.74, 6) is 0.318. The van der Waals surface area contributed by atoms with E-state index in [0.29, 0.717) is 22.5 Å². The summed E-state index contributed by atoms with van der Waals surface area (Å²) in [7, 11) is 0. The normalized spacial score (nSPS) is 19.7. The van der Waals surface area contributed by atoms with Crippen molar-refractivity contribution in [1.82, 2.24) is 15.2 Å². The lowest BCUT2D eigenvalue weighted by atomic mass is 9.92. The highest BCUT2D eigenvalue weighted by molar-refractivity contribution is 7.13. The molecule has 2 atom stereocenters. The second-order valence-corrected chi connectivity index (χ2v) is 8.77. The Hall–Kier alpha value is -2.32. The van der Waals surface area contributed by atoms with E-state index in [1.807, 2.05) is 5.38 Å². The summed E-state index contributed by atoms with van der Waals surface area (Å²) in [6, 6.07) is 5.85. The monoisotopic (exact) mass is 418 g/mol. The Morgan fingerprint density at radius 2 is 2.00 bits per heavy atom. The molecule has 29 heavy (non-hydrogen) atoms. The van der Waals surface area contributed by atoms with Crippen molar-refractivity contribution in [3.63, 3.8) is 0 Å². The molecular weight excluding hydrogens is 391 g/mol. The fraction of sp³-hybridized carbons (Fsp3) is 0.476. The van der Waals surface area contributed by atoms with Crippen LogP contribution in [0.25, 0.3) is 0 Å². The van der Waals surface area contributed by atoms with Gasteiger partial charge < -0.3 is 10.6 Å². The van der Waals surface area contributed by atoms with Crippen molar-refractivity contribution < 1.29 is 14.0 Å². The minimum absolute atomic E-state index is 0.0269. The minimum Gasteiger partial charge on any atom is -0.347 e. The van der Waals surface area contributed by atoms with Crippen LogP contribution in [0.1, 0.15) is 31.5 Å². The molecule has 0 aliphatic carbocycles. The van der Waals surface area contributed by atoms with Gasteiger partial charge in [0.15, 0.2) is 5.13 Å². The number of carbonyl (C=O) groups is 2. The van der Waals surface area contributed by atoms with Gasteiger partial charge in [-0.25, -0.2) is 9.37 Å². The first-order valence-corrected chi connectivity index (χ1v) is 10.7. The SMILES string of the molecule is C[C@@H]1C[C@H](C)CN(Cc2csc(NC(=O)CNC(=O)Cc3cccc(F)c3)n2)C1. The van der Waals surface area contributed by atoms with Crippen LogP contribution in [-0.2, 0) is 22.6 Å². The molecule has 1 aliphatic rings. The fourth-order valence-corrected chi connectivity index (χ4v) is 4.54. The van der Waals surface area contributed by atoms with Gasteiger partial charge in [-0.05, 0) is 36.0 Å². The van der Waals surface area contributed by atoms with Crippen molar-refractivity contribution in [2.45, 2.75) is 33.2 Å². The number of carbonyl (C=O) groups excluding carboxylic acids is 2. The van der Waals surface area contributed by atoms with Crippen molar-refractivity contribution in [2.24, 2.45) is 11.8 Å². The van der Waals surface area contributed by atoms with Crippen LogP contribution in [0.5, 0.6) is 0 Å². The molecule has 1 aromatic carbocycles. The summed E-state index contributed by atoms with van der Waals surface area (Å²) in [6.07, 6.45) is 1.29. The molecular formula is C21H27FN4O2S. The van der Waals surface area contributed by atoms with E-state index in [0.717, 1.165) is 25.3 Å². The number of rotatable bonds is 7. The van der Waals surface area contributed by atoms with Crippen LogP contribution < -0.4 is 10.6 Å². The molecule has 2 aromatic rings. The molecule has 1 fully saturated rings. The van der Waals surface area contributed by atoms with Gasteiger partial charge in [-0.3, -0.25) is 14.5 Å². The Balaban J connectivity index is 1.42. The summed E-state index contributed by atoms with van der Waals surface area (Å²) in [5, 5.41) is 7.76. The van der Waals surface area contributed by atoms with Gasteiger partial charge in [0.25, 0.3) is 0 Å². The van der Waals surface area contributed by atoms with Crippen molar-refractivity contribution in [1.29, 1.82) is 0 Å². The summed E-state index contributed by atoms with van der Waals surface area (Å²) < 4.78 is 13.2. The average molecular weight is 419 g/mol. The number of likely N-dealkylation sites (tertiary alicyclic amines) is 1. The lowest BCUT2D eigenvalue weighted by molar-refractivity contribution is -0.123. The van der Waals surface area contributed by atoms with Gasteiger partial charge in [0, 0.05) is 25.0 Å². The highest BCUT2D eigenvalue weighted by Crippen LogP contribution is 2.23. The van der Waals surface area contributed by atoms with E-state index in [4.69, 9.17) is 0 Å². The topological polar surface area (TPSA) is 74.3 Å². The van der Waals surface area contributed by atoms with Crippen molar-refractivity contribution in [2.75, 3.05) is 25.0 Å². The van der Waals surface area contributed by atoms with E-state index in [1.165, 1.54) is 29.9 Å². The zero-order valence-electron chi connectivity index (χ0n) is 16.8. The highest BCUT2D eigenvalue weighted by Gasteiger charge is 2.22. The van der Waals surface area contributed by atoms with Gasteiger partial charge in [-0.15, -0.1) is 11.3 Å². The zero-order valence-corrected chi connectivity index (χ0v) is 17.6. The van der Waals surface area contributed by atoms with Crippen molar-refractivity contribution in [3.8, 4) is 0 Å². The van der Waals surface area contributed by atoms with Crippen LogP contribution in [0.4, 0.5) is 9.52 Å². The number of nitrogens with one attached hydrogen (secondary N) is 2. The molecule has 3 rings (SSSR count). The molecule has 2 amide bonds. The van der Waals surface area contributed by atoms with Gasteiger partial charge in [0.05, 0.1) is 18.7 Å². The predicted molar refractivity (Wildman–Crippen MR) is 112 cm³/mol. The number of benzene rings is 1. The van der Waals surface area contributed by atoms with Gasteiger partial charge in [-0.1, -0.05) is 26.0 Å². The van der Waals surface area contributed by atoms with Gasteiger partial charge in [-0.2, -0.15) is 0 Å². The van der Waals surface area contributed by atoms with Crippen molar-refractivity contribution in [3.05, 3.63) is 46.7 Å². The third kappa shape index (κ3) is 6.90. The van der Waals surface area contributed by atoms with E-state index < -0.39 is 0 Å². The van der Waals surface area contributed by atoms with E-state index in [9.17, 15) is 14.0 Å². The molecule has 0 bridgehead atoms. The maximum absolute atomic E-state index is 13.2. The molecule has 2 N–H and O–H groups in total. The number of amides is 2. The summed E-state index contributed by atoms with van der Waals surface area (Å²) in [5.41, 5.74) is 1.51. The number of anilines is 1. The lowest BCUT2D eigenvalue weighted by Gasteiger charge is -2.34. The zero-order chi connectivity index (χ0) is 20.8. The number of hydrogen-bond acceptors (Lipinski definition) is 5. The third-order valence-electron chi connectivity index (χ3n) is 4.83. The second kappa shape index (κ2) is 9.93. The molecule has 0 saturated carbocycles. The largest absolute Gasteiger partial charge is 0.347 e. The first-order chi connectivity index (χ1) is 13.9. The minimum atomic E-state index is -0.388. The van der Waals surface area contributed by atoms with Crippen LogP contribution in [-0.4, -0.2) is 41.3 Å². The first kappa shape index (κ1) is 21.4. The van der Waals surface area contributed by atoms with Crippen LogP contribution >= 0.6 is 11.3 Å². The molecule has 1 aromatic heterocycles. The Labute approximate surface area is 174 Å². The quantitative estimate of drug-likeness (QED) is 0.725. The maximum Gasteiger partial charge on any atom is 0.245 e. The Kier molecular flexibility index (Phi) is 7.33. The van der Waals surface area contributed by atoms with E-state index in [-0.39, 0.29) is 30.6 Å². The number of aromatic nitrogens is 1. The van der Waals surface area contributed by atoms with Crippen molar-refractivity contribution >= 4 is 28.3 Å². The van der Waals surface area contributed by atoms with Crippen LogP contribution in [0.2, 0.25) is 0 Å². The van der Waals surface area contributed by atoms with E-state index in [1.54, 1.807) is 12.1 Å². The molecule has 156 valence electrons. The molecule has 1 aliphatic heterocycles.